The van der Waals surface area contributed by atoms with Crippen LogP contribution in [0.25, 0.3) is 11.3 Å². The number of oxazole rings is 1. The predicted octanol–water partition coefficient (Wildman–Crippen LogP) is 3.95. The Hall–Kier alpha value is -1.57. The van der Waals surface area contributed by atoms with Crippen LogP contribution in [-0.4, -0.2) is 4.98 Å². The molecule has 2 rings (SSSR count). The Morgan fingerprint density at radius 3 is 2.19 bits per heavy atom. The Bertz CT molecular complexity index is 474. The first-order valence-corrected chi connectivity index (χ1v) is 5.50. The minimum Gasteiger partial charge on any atom is -0.440 e. The van der Waals surface area contributed by atoms with Crippen LogP contribution in [0.4, 0.5) is 0 Å². The highest BCUT2D eigenvalue weighted by atomic mass is 16.4. The largest absolute Gasteiger partial charge is 0.440 e. The van der Waals surface area contributed by atoms with Crippen molar-refractivity contribution < 1.29 is 4.42 Å². The summed E-state index contributed by atoms with van der Waals surface area (Å²) in [7, 11) is 0. The van der Waals surface area contributed by atoms with E-state index in [0.717, 1.165) is 17.2 Å². The van der Waals surface area contributed by atoms with E-state index in [1.54, 1.807) is 6.20 Å². The molecule has 0 bridgehead atoms. The fourth-order valence-corrected chi connectivity index (χ4v) is 1.47. The summed E-state index contributed by atoms with van der Waals surface area (Å²) >= 11 is 0. The van der Waals surface area contributed by atoms with Crippen molar-refractivity contribution in [3.8, 4) is 11.3 Å². The Labute approximate surface area is 96.3 Å². The molecule has 2 nitrogen and oxygen atoms in total. The molecule has 16 heavy (non-hydrogen) atoms. The number of rotatable bonds is 1. The van der Waals surface area contributed by atoms with Crippen molar-refractivity contribution >= 4 is 0 Å². The second-order valence-electron chi connectivity index (χ2n) is 5.15. The first-order chi connectivity index (χ1) is 7.47. The van der Waals surface area contributed by atoms with Gasteiger partial charge in [-0.3, -0.25) is 0 Å². The van der Waals surface area contributed by atoms with Crippen LogP contribution in [0.3, 0.4) is 0 Å². The molecule has 2 aromatic rings. The number of aromatic nitrogens is 1. The van der Waals surface area contributed by atoms with E-state index in [1.807, 2.05) is 0 Å². The Kier molecular flexibility index (Phi) is 2.58. The SMILES string of the molecule is Cc1ccc(-c2cnc(C(C)(C)C)o2)cc1. The standard InChI is InChI=1S/C14H17NO/c1-10-5-7-11(8-6-10)12-9-15-13(16-12)14(2,3)4/h5-9H,1-4H3. The molecule has 0 saturated heterocycles. The maximum absolute atomic E-state index is 5.76. The van der Waals surface area contributed by atoms with E-state index >= 15 is 0 Å². The van der Waals surface area contributed by atoms with Gasteiger partial charge in [-0.05, 0) is 6.92 Å². The zero-order valence-electron chi connectivity index (χ0n) is 10.2. The lowest BCUT2D eigenvalue weighted by atomic mass is 9.97. The number of aryl methyl sites for hydroxylation is 1. The lowest BCUT2D eigenvalue weighted by molar-refractivity contribution is 0.399. The van der Waals surface area contributed by atoms with Gasteiger partial charge < -0.3 is 4.42 Å². The first kappa shape index (κ1) is 10.9. The van der Waals surface area contributed by atoms with Crippen LogP contribution in [0.5, 0.6) is 0 Å². The number of benzene rings is 1. The maximum Gasteiger partial charge on any atom is 0.200 e. The van der Waals surface area contributed by atoms with Crippen LogP contribution in [0.1, 0.15) is 32.2 Å². The molecule has 0 aliphatic carbocycles. The molecule has 0 aliphatic rings. The van der Waals surface area contributed by atoms with Gasteiger partial charge in [0.05, 0.1) is 6.20 Å². The van der Waals surface area contributed by atoms with Crippen LogP contribution in [-0.2, 0) is 5.41 Å². The quantitative estimate of drug-likeness (QED) is 0.720. The third kappa shape index (κ3) is 2.16. The molecular formula is C14H17NO. The van der Waals surface area contributed by atoms with Crippen LogP contribution in [0.2, 0.25) is 0 Å². The summed E-state index contributed by atoms with van der Waals surface area (Å²) in [5.41, 5.74) is 2.29. The van der Waals surface area contributed by atoms with E-state index in [0.29, 0.717) is 0 Å². The van der Waals surface area contributed by atoms with E-state index in [2.05, 4.69) is 56.9 Å². The molecule has 0 spiro atoms. The van der Waals surface area contributed by atoms with Gasteiger partial charge in [-0.2, -0.15) is 0 Å². The van der Waals surface area contributed by atoms with Crippen molar-refractivity contribution in [3.63, 3.8) is 0 Å². The van der Waals surface area contributed by atoms with E-state index < -0.39 is 0 Å². The predicted molar refractivity (Wildman–Crippen MR) is 65.4 cm³/mol. The van der Waals surface area contributed by atoms with E-state index in [1.165, 1.54) is 5.56 Å². The van der Waals surface area contributed by atoms with Gasteiger partial charge in [-0.1, -0.05) is 50.6 Å². The van der Waals surface area contributed by atoms with Gasteiger partial charge in [-0.25, -0.2) is 4.98 Å². The highest BCUT2D eigenvalue weighted by Gasteiger charge is 2.20. The lowest BCUT2D eigenvalue weighted by Crippen LogP contribution is -2.10. The summed E-state index contributed by atoms with van der Waals surface area (Å²) in [6.07, 6.45) is 1.80. The van der Waals surface area contributed by atoms with Gasteiger partial charge >= 0.3 is 0 Å². The third-order valence-corrected chi connectivity index (χ3v) is 2.48. The van der Waals surface area contributed by atoms with E-state index in [4.69, 9.17) is 4.42 Å². The summed E-state index contributed by atoms with van der Waals surface area (Å²) in [5.74, 6) is 1.62. The third-order valence-electron chi connectivity index (χ3n) is 2.48. The molecular weight excluding hydrogens is 198 g/mol. The molecule has 0 amide bonds. The van der Waals surface area contributed by atoms with Gasteiger partial charge in [0.1, 0.15) is 0 Å². The average Bonchev–Trinajstić information content (AvgIpc) is 2.67. The molecule has 1 heterocycles. The molecule has 0 saturated carbocycles. The number of nitrogens with zero attached hydrogens (tertiary/aromatic N) is 1. The lowest BCUT2D eigenvalue weighted by Gasteiger charge is -2.12. The molecule has 2 heteroatoms. The topological polar surface area (TPSA) is 26.0 Å². The molecule has 0 atom stereocenters. The second-order valence-corrected chi connectivity index (χ2v) is 5.15. The summed E-state index contributed by atoms with van der Waals surface area (Å²) < 4.78 is 5.76. The van der Waals surface area contributed by atoms with Gasteiger partial charge in [0.25, 0.3) is 0 Å². The van der Waals surface area contributed by atoms with Gasteiger partial charge in [0.2, 0.25) is 0 Å². The maximum atomic E-state index is 5.76. The summed E-state index contributed by atoms with van der Waals surface area (Å²) in [6.45, 7) is 8.36. The van der Waals surface area contributed by atoms with Gasteiger partial charge in [0, 0.05) is 11.0 Å². The number of hydrogen-bond acceptors (Lipinski definition) is 2. The summed E-state index contributed by atoms with van der Waals surface area (Å²) in [6, 6.07) is 8.27. The van der Waals surface area contributed by atoms with Crippen molar-refractivity contribution in [2.24, 2.45) is 0 Å². The highest BCUT2D eigenvalue weighted by Crippen LogP contribution is 2.27. The molecule has 1 aromatic heterocycles. The zero-order chi connectivity index (χ0) is 11.8. The van der Waals surface area contributed by atoms with Gasteiger partial charge in [0.15, 0.2) is 11.7 Å². The van der Waals surface area contributed by atoms with Crippen molar-refractivity contribution in [1.82, 2.24) is 4.98 Å². The first-order valence-electron chi connectivity index (χ1n) is 5.50. The van der Waals surface area contributed by atoms with Crippen molar-refractivity contribution in [1.29, 1.82) is 0 Å². The fraction of sp³-hybridized carbons (Fsp3) is 0.357. The Morgan fingerprint density at radius 1 is 1.06 bits per heavy atom. The molecule has 84 valence electrons. The van der Waals surface area contributed by atoms with Crippen molar-refractivity contribution in [3.05, 3.63) is 41.9 Å². The monoisotopic (exact) mass is 215 g/mol. The van der Waals surface area contributed by atoms with Crippen LogP contribution in [0.15, 0.2) is 34.9 Å². The minimum atomic E-state index is -0.0387. The van der Waals surface area contributed by atoms with E-state index in [9.17, 15) is 0 Å². The molecule has 0 fully saturated rings. The van der Waals surface area contributed by atoms with Crippen LogP contribution < -0.4 is 0 Å². The highest BCUT2D eigenvalue weighted by molar-refractivity contribution is 5.56. The van der Waals surface area contributed by atoms with Crippen LogP contribution in [0, 0.1) is 6.92 Å². The fourth-order valence-electron chi connectivity index (χ4n) is 1.47. The zero-order valence-corrected chi connectivity index (χ0v) is 10.2. The molecule has 0 unspecified atom stereocenters. The molecule has 1 aromatic carbocycles. The Balaban J connectivity index is 2.35. The average molecular weight is 215 g/mol. The molecule has 0 radical (unpaired) electrons. The summed E-state index contributed by atoms with van der Waals surface area (Å²) in [5, 5.41) is 0. The minimum absolute atomic E-state index is 0.0387. The smallest absolute Gasteiger partial charge is 0.200 e. The van der Waals surface area contributed by atoms with Crippen molar-refractivity contribution in [2.45, 2.75) is 33.1 Å². The van der Waals surface area contributed by atoms with Crippen LogP contribution >= 0.6 is 0 Å². The summed E-state index contributed by atoms with van der Waals surface area (Å²) in [4.78, 5) is 4.32. The van der Waals surface area contributed by atoms with Crippen molar-refractivity contribution in [2.75, 3.05) is 0 Å². The Morgan fingerprint density at radius 2 is 1.69 bits per heavy atom. The normalized spacial score (nSPS) is 11.8. The molecule has 0 aliphatic heterocycles. The van der Waals surface area contributed by atoms with Gasteiger partial charge in [-0.15, -0.1) is 0 Å². The number of hydrogen-bond donors (Lipinski definition) is 0. The molecule has 0 N–H and O–H groups in total. The second kappa shape index (κ2) is 3.78. The van der Waals surface area contributed by atoms with E-state index in [-0.39, 0.29) is 5.41 Å².